The molecular weight excluding hydrogens is 306 g/mol. The summed E-state index contributed by atoms with van der Waals surface area (Å²) >= 11 is 6.36. The first kappa shape index (κ1) is 14.5. The Morgan fingerprint density at radius 2 is 2.09 bits per heavy atom. The molecule has 3 rings (SSSR count). The van der Waals surface area contributed by atoms with Gasteiger partial charge >= 0.3 is 0 Å². The molecule has 0 saturated heterocycles. The predicted octanol–water partition coefficient (Wildman–Crippen LogP) is 3.58. The molecule has 0 spiro atoms. The molecule has 0 aliphatic carbocycles. The highest BCUT2D eigenvalue weighted by Gasteiger charge is 2.24. The number of fused-ring (bicyclic) bond motifs is 1. The minimum Gasteiger partial charge on any atom is -0.278 e. The van der Waals surface area contributed by atoms with Gasteiger partial charge in [-0.3, -0.25) is 15.2 Å². The standard InChI is InChI=1S/C14H14ClN5O2/c1-14(2,3)11-10(15)13-16-12(18-19(13)17-11)8-5-4-6-9(7-8)20(21)22/h4-7,17H,1-3H3. The number of H-pyrrole nitrogens is 1. The number of nitro groups is 1. The van der Waals surface area contributed by atoms with Crippen LogP contribution in [0.2, 0.25) is 5.02 Å². The number of non-ortho nitro benzene ring substituents is 1. The van der Waals surface area contributed by atoms with Crippen molar-refractivity contribution in [3.63, 3.8) is 0 Å². The van der Waals surface area contributed by atoms with Crippen LogP contribution in [0.3, 0.4) is 0 Å². The van der Waals surface area contributed by atoms with Gasteiger partial charge in [0.1, 0.15) is 5.02 Å². The highest BCUT2D eigenvalue weighted by Crippen LogP contribution is 2.32. The topological polar surface area (TPSA) is 89.1 Å². The van der Waals surface area contributed by atoms with Gasteiger partial charge in [-0.15, -0.1) is 5.10 Å². The van der Waals surface area contributed by atoms with E-state index in [1.165, 1.54) is 16.8 Å². The number of nitro benzene ring substituents is 1. The number of aromatic amines is 1. The normalized spacial score (nSPS) is 12.0. The summed E-state index contributed by atoms with van der Waals surface area (Å²) in [5, 5.41) is 18.8. The van der Waals surface area contributed by atoms with E-state index in [1.54, 1.807) is 12.1 Å². The van der Waals surface area contributed by atoms with E-state index >= 15 is 0 Å². The van der Waals surface area contributed by atoms with Gasteiger partial charge in [-0.05, 0) is 0 Å². The monoisotopic (exact) mass is 319 g/mol. The molecule has 0 unspecified atom stereocenters. The number of nitrogens with zero attached hydrogens (tertiary/aromatic N) is 4. The van der Waals surface area contributed by atoms with Crippen molar-refractivity contribution in [3.8, 4) is 11.4 Å². The SMILES string of the molecule is CC(C)(C)c1[nH]n2nc(-c3cccc([N+](=O)[O-])c3)nc2c1Cl. The second-order valence-electron chi connectivity index (χ2n) is 6.03. The Kier molecular flexibility index (Phi) is 3.17. The number of rotatable bonds is 2. The van der Waals surface area contributed by atoms with Crippen molar-refractivity contribution >= 4 is 22.9 Å². The van der Waals surface area contributed by atoms with Crippen LogP contribution >= 0.6 is 11.6 Å². The van der Waals surface area contributed by atoms with Crippen LogP contribution in [-0.4, -0.2) is 24.7 Å². The lowest BCUT2D eigenvalue weighted by Gasteiger charge is -2.16. The fourth-order valence-electron chi connectivity index (χ4n) is 2.18. The highest BCUT2D eigenvalue weighted by molar-refractivity contribution is 6.34. The number of hydrogen-bond acceptors (Lipinski definition) is 4. The Bertz CT molecular complexity index is 875. The van der Waals surface area contributed by atoms with Crippen molar-refractivity contribution in [3.05, 3.63) is 45.1 Å². The summed E-state index contributed by atoms with van der Waals surface area (Å²) in [6, 6.07) is 6.19. The lowest BCUT2D eigenvalue weighted by Crippen LogP contribution is -2.12. The highest BCUT2D eigenvalue weighted by atomic mass is 35.5. The number of hydrogen-bond donors (Lipinski definition) is 1. The molecule has 0 aliphatic rings. The van der Waals surface area contributed by atoms with Crippen LogP contribution < -0.4 is 0 Å². The van der Waals surface area contributed by atoms with Crippen LogP contribution in [0.15, 0.2) is 24.3 Å². The number of benzene rings is 1. The minimum absolute atomic E-state index is 0.00237. The van der Waals surface area contributed by atoms with Crippen LogP contribution in [0, 0.1) is 10.1 Å². The molecule has 1 aromatic carbocycles. The van der Waals surface area contributed by atoms with Crippen LogP contribution in [0.4, 0.5) is 5.69 Å². The van der Waals surface area contributed by atoms with Crippen molar-refractivity contribution in [2.24, 2.45) is 0 Å². The molecule has 0 aliphatic heterocycles. The largest absolute Gasteiger partial charge is 0.278 e. The molecule has 0 atom stereocenters. The van der Waals surface area contributed by atoms with Gasteiger partial charge in [0.15, 0.2) is 11.5 Å². The molecule has 2 aromatic heterocycles. The third-order valence-corrected chi connectivity index (χ3v) is 3.66. The Labute approximate surface area is 131 Å². The van der Waals surface area contributed by atoms with E-state index in [1.807, 2.05) is 20.8 Å². The predicted molar refractivity (Wildman–Crippen MR) is 83.1 cm³/mol. The number of halogens is 1. The zero-order chi connectivity index (χ0) is 16.1. The summed E-state index contributed by atoms with van der Waals surface area (Å²) in [5.41, 5.74) is 1.76. The second kappa shape index (κ2) is 4.81. The molecule has 8 heteroatoms. The smallest absolute Gasteiger partial charge is 0.270 e. The van der Waals surface area contributed by atoms with Gasteiger partial charge in [0, 0.05) is 23.1 Å². The van der Waals surface area contributed by atoms with E-state index in [2.05, 4.69) is 15.2 Å². The summed E-state index contributed by atoms with van der Waals surface area (Å²) in [5.74, 6) is 0.386. The van der Waals surface area contributed by atoms with Gasteiger partial charge in [0.2, 0.25) is 0 Å². The zero-order valence-corrected chi connectivity index (χ0v) is 13.0. The lowest BCUT2D eigenvalue weighted by atomic mass is 9.92. The van der Waals surface area contributed by atoms with Crippen molar-refractivity contribution < 1.29 is 4.92 Å². The molecule has 1 N–H and O–H groups in total. The summed E-state index contributed by atoms with van der Waals surface area (Å²) in [6.45, 7) is 6.10. The van der Waals surface area contributed by atoms with E-state index < -0.39 is 4.92 Å². The molecule has 0 amide bonds. The van der Waals surface area contributed by atoms with Crippen LogP contribution in [0.1, 0.15) is 26.5 Å². The fourth-order valence-corrected chi connectivity index (χ4v) is 2.62. The van der Waals surface area contributed by atoms with Gasteiger partial charge in [-0.2, -0.15) is 4.63 Å². The zero-order valence-electron chi connectivity index (χ0n) is 12.3. The van der Waals surface area contributed by atoms with Crippen molar-refractivity contribution in [2.45, 2.75) is 26.2 Å². The van der Waals surface area contributed by atoms with Crippen LogP contribution in [0.25, 0.3) is 17.0 Å². The molecule has 0 bridgehead atoms. The molecule has 7 nitrogen and oxygen atoms in total. The lowest BCUT2D eigenvalue weighted by molar-refractivity contribution is -0.384. The third kappa shape index (κ3) is 2.33. The molecule has 22 heavy (non-hydrogen) atoms. The average Bonchev–Trinajstić information content (AvgIpc) is 2.98. The van der Waals surface area contributed by atoms with Gasteiger partial charge in [0.05, 0.1) is 10.6 Å². The van der Waals surface area contributed by atoms with E-state index in [9.17, 15) is 10.1 Å². The molecule has 2 heterocycles. The molecule has 3 aromatic rings. The molecule has 0 fully saturated rings. The van der Waals surface area contributed by atoms with Crippen molar-refractivity contribution in [1.82, 2.24) is 19.8 Å². The molecular formula is C14H14ClN5O2. The Morgan fingerprint density at radius 3 is 2.68 bits per heavy atom. The summed E-state index contributed by atoms with van der Waals surface area (Å²) in [4.78, 5) is 14.8. The Morgan fingerprint density at radius 1 is 1.36 bits per heavy atom. The van der Waals surface area contributed by atoms with E-state index in [-0.39, 0.29) is 11.1 Å². The maximum atomic E-state index is 10.8. The first-order valence-electron chi connectivity index (χ1n) is 6.67. The summed E-state index contributed by atoms with van der Waals surface area (Å²) < 4.78 is 1.50. The average molecular weight is 320 g/mol. The second-order valence-corrected chi connectivity index (χ2v) is 6.41. The maximum absolute atomic E-state index is 10.8. The quantitative estimate of drug-likeness (QED) is 0.577. The van der Waals surface area contributed by atoms with Gasteiger partial charge < -0.3 is 0 Å². The molecule has 0 radical (unpaired) electrons. The third-order valence-electron chi connectivity index (χ3n) is 3.31. The van der Waals surface area contributed by atoms with E-state index in [0.717, 1.165) is 5.69 Å². The summed E-state index contributed by atoms with van der Waals surface area (Å²) in [7, 11) is 0. The first-order valence-corrected chi connectivity index (χ1v) is 7.05. The number of nitrogens with one attached hydrogen (secondary N) is 1. The van der Waals surface area contributed by atoms with Crippen LogP contribution in [0.5, 0.6) is 0 Å². The number of aromatic nitrogens is 4. The van der Waals surface area contributed by atoms with Crippen molar-refractivity contribution in [1.29, 1.82) is 0 Å². The Hall–Kier alpha value is -2.41. The first-order chi connectivity index (χ1) is 10.3. The molecule has 0 saturated carbocycles. The van der Waals surface area contributed by atoms with Gasteiger partial charge in [-0.25, -0.2) is 4.98 Å². The summed E-state index contributed by atoms with van der Waals surface area (Å²) in [6.07, 6.45) is 0. The van der Waals surface area contributed by atoms with E-state index in [4.69, 9.17) is 11.6 Å². The van der Waals surface area contributed by atoms with Gasteiger partial charge in [-0.1, -0.05) is 44.5 Å². The van der Waals surface area contributed by atoms with Crippen LogP contribution in [-0.2, 0) is 5.41 Å². The maximum Gasteiger partial charge on any atom is 0.270 e. The van der Waals surface area contributed by atoms with Gasteiger partial charge in [0.25, 0.3) is 5.69 Å². The molecule has 114 valence electrons. The van der Waals surface area contributed by atoms with E-state index in [0.29, 0.717) is 22.1 Å². The van der Waals surface area contributed by atoms with Crippen molar-refractivity contribution in [2.75, 3.05) is 0 Å². The Balaban J connectivity index is 2.11. The fraction of sp³-hybridized carbons (Fsp3) is 0.286. The minimum atomic E-state index is -0.448.